The average molecular weight is 329 g/mol. The fourth-order valence-electron chi connectivity index (χ4n) is 2.66. The number of rotatable bonds is 2. The molecule has 1 aromatic rings. The molecule has 3 heteroatoms. The molecule has 1 heterocycles. The highest BCUT2D eigenvalue weighted by Gasteiger charge is 2.45. The molecule has 17 heavy (non-hydrogen) atoms. The number of hydrogen-bond donors (Lipinski definition) is 0. The van der Waals surface area contributed by atoms with Crippen LogP contribution in [0.3, 0.4) is 0 Å². The second-order valence-electron chi connectivity index (χ2n) is 4.85. The maximum absolute atomic E-state index is 3.54. The van der Waals surface area contributed by atoms with Crippen molar-refractivity contribution in [3.05, 3.63) is 34.3 Å². The van der Waals surface area contributed by atoms with E-state index in [0.29, 0.717) is 4.08 Å². The number of halogens is 1. The summed E-state index contributed by atoms with van der Waals surface area (Å²) in [5, 5.41) is 0. The fourth-order valence-corrected chi connectivity index (χ4v) is 6.67. The largest absolute Gasteiger partial charge is 0.139 e. The van der Waals surface area contributed by atoms with Crippen molar-refractivity contribution in [2.24, 2.45) is 5.92 Å². The van der Waals surface area contributed by atoms with Crippen molar-refractivity contribution < 1.29 is 0 Å². The summed E-state index contributed by atoms with van der Waals surface area (Å²) in [5.74, 6) is 3.57. The molecule has 1 aromatic carbocycles. The standard InChI is InChI=1S/C14H17BrS2/c15-13-7-5-12(6-8-13)14(11-3-1-4-11)16-9-2-10-17-14/h5-8,11H,1-4,9-10H2. The van der Waals surface area contributed by atoms with Gasteiger partial charge in [-0.25, -0.2) is 0 Å². The SMILES string of the molecule is Brc1ccc(C2(C3CCC3)SCCCS2)cc1. The lowest BCUT2D eigenvalue weighted by atomic mass is 9.80. The van der Waals surface area contributed by atoms with Gasteiger partial charge in [0.25, 0.3) is 0 Å². The Morgan fingerprint density at radius 1 is 1.00 bits per heavy atom. The van der Waals surface area contributed by atoms with Crippen molar-refractivity contribution in [1.82, 2.24) is 0 Å². The van der Waals surface area contributed by atoms with E-state index in [-0.39, 0.29) is 0 Å². The summed E-state index contributed by atoms with van der Waals surface area (Å²) in [7, 11) is 0. The summed E-state index contributed by atoms with van der Waals surface area (Å²) in [6, 6.07) is 9.05. The van der Waals surface area contributed by atoms with Crippen molar-refractivity contribution in [3.63, 3.8) is 0 Å². The second kappa shape index (κ2) is 5.18. The predicted molar refractivity (Wildman–Crippen MR) is 82.7 cm³/mol. The molecular weight excluding hydrogens is 312 g/mol. The van der Waals surface area contributed by atoms with Crippen LogP contribution in [0.1, 0.15) is 31.2 Å². The Bertz CT molecular complexity index is 378. The molecule has 0 unspecified atom stereocenters. The maximum Gasteiger partial charge on any atom is 0.0888 e. The molecule has 92 valence electrons. The van der Waals surface area contributed by atoms with Crippen LogP contribution in [0, 0.1) is 5.92 Å². The van der Waals surface area contributed by atoms with E-state index < -0.39 is 0 Å². The molecule has 1 aliphatic heterocycles. The highest BCUT2D eigenvalue weighted by molar-refractivity contribution is 9.10. The molecule has 0 N–H and O–H groups in total. The number of benzene rings is 1. The van der Waals surface area contributed by atoms with E-state index in [1.165, 1.54) is 41.7 Å². The molecule has 0 amide bonds. The van der Waals surface area contributed by atoms with Crippen LogP contribution in [0.15, 0.2) is 28.7 Å². The summed E-state index contributed by atoms with van der Waals surface area (Å²) in [6.45, 7) is 0. The van der Waals surface area contributed by atoms with E-state index >= 15 is 0 Å². The van der Waals surface area contributed by atoms with E-state index in [1.54, 1.807) is 5.56 Å². The molecule has 0 atom stereocenters. The van der Waals surface area contributed by atoms with Crippen molar-refractivity contribution in [3.8, 4) is 0 Å². The van der Waals surface area contributed by atoms with Crippen LogP contribution in [0.5, 0.6) is 0 Å². The molecule has 0 bridgehead atoms. The molecule has 0 radical (unpaired) electrons. The summed E-state index contributed by atoms with van der Waals surface area (Å²) >= 11 is 7.94. The van der Waals surface area contributed by atoms with Crippen molar-refractivity contribution in [2.45, 2.75) is 29.8 Å². The second-order valence-corrected chi connectivity index (χ2v) is 8.71. The Balaban J connectivity index is 1.94. The molecule has 1 saturated heterocycles. The van der Waals surface area contributed by atoms with Crippen molar-refractivity contribution in [1.29, 1.82) is 0 Å². The summed E-state index contributed by atoms with van der Waals surface area (Å²) in [5.41, 5.74) is 1.54. The molecular formula is C14H17BrS2. The number of hydrogen-bond acceptors (Lipinski definition) is 2. The van der Waals surface area contributed by atoms with Crippen LogP contribution in [-0.2, 0) is 4.08 Å². The highest BCUT2D eigenvalue weighted by atomic mass is 79.9. The Morgan fingerprint density at radius 3 is 2.18 bits per heavy atom. The normalized spacial score (nSPS) is 24.3. The van der Waals surface area contributed by atoms with Gasteiger partial charge in [0.05, 0.1) is 4.08 Å². The van der Waals surface area contributed by atoms with Gasteiger partial charge in [0.2, 0.25) is 0 Å². The average Bonchev–Trinajstić information content (AvgIpc) is 2.28. The Morgan fingerprint density at radius 2 is 1.65 bits per heavy atom. The van der Waals surface area contributed by atoms with E-state index in [9.17, 15) is 0 Å². The summed E-state index contributed by atoms with van der Waals surface area (Å²) in [6.07, 6.45) is 5.66. The first-order valence-electron chi connectivity index (χ1n) is 6.35. The first-order valence-corrected chi connectivity index (χ1v) is 9.12. The van der Waals surface area contributed by atoms with Crippen LogP contribution in [0.25, 0.3) is 0 Å². The first kappa shape index (κ1) is 12.4. The highest BCUT2D eigenvalue weighted by Crippen LogP contribution is 2.60. The van der Waals surface area contributed by atoms with E-state index in [4.69, 9.17) is 0 Å². The van der Waals surface area contributed by atoms with Gasteiger partial charge in [0.15, 0.2) is 0 Å². The lowest BCUT2D eigenvalue weighted by Crippen LogP contribution is -2.36. The van der Waals surface area contributed by atoms with Gasteiger partial charge in [-0.1, -0.05) is 34.5 Å². The zero-order valence-electron chi connectivity index (χ0n) is 9.82. The Labute approximate surface area is 120 Å². The van der Waals surface area contributed by atoms with Gasteiger partial charge < -0.3 is 0 Å². The molecule has 3 rings (SSSR count). The lowest BCUT2D eigenvalue weighted by Gasteiger charge is -2.47. The van der Waals surface area contributed by atoms with E-state index in [0.717, 1.165) is 5.92 Å². The zero-order valence-corrected chi connectivity index (χ0v) is 13.0. The minimum absolute atomic E-state index is 0.372. The van der Waals surface area contributed by atoms with Gasteiger partial charge in [-0.2, -0.15) is 0 Å². The minimum Gasteiger partial charge on any atom is -0.139 e. The monoisotopic (exact) mass is 328 g/mol. The first-order chi connectivity index (χ1) is 8.31. The minimum atomic E-state index is 0.372. The van der Waals surface area contributed by atoms with Crippen LogP contribution < -0.4 is 0 Å². The van der Waals surface area contributed by atoms with Gasteiger partial charge in [0.1, 0.15) is 0 Å². The topological polar surface area (TPSA) is 0 Å². The molecule has 1 saturated carbocycles. The Hall–Kier alpha value is 0.400. The van der Waals surface area contributed by atoms with Gasteiger partial charge in [0, 0.05) is 4.47 Å². The Kier molecular flexibility index (Phi) is 3.79. The van der Waals surface area contributed by atoms with Crippen molar-refractivity contribution in [2.75, 3.05) is 11.5 Å². The smallest absolute Gasteiger partial charge is 0.0888 e. The third kappa shape index (κ3) is 2.31. The van der Waals surface area contributed by atoms with Gasteiger partial charge in [-0.15, -0.1) is 23.5 Å². The molecule has 0 nitrogen and oxygen atoms in total. The van der Waals surface area contributed by atoms with Crippen molar-refractivity contribution >= 4 is 39.5 Å². The molecule has 0 spiro atoms. The fraction of sp³-hybridized carbons (Fsp3) is 0.571. The van der Waals surface area contributed by atoms with Gasteiger partial charge in [-0.3, -0.25) is 0 Å². The zero-order chi connectivity index (χ0) is 11.7. The van der Waals surface area contributed by atoms with Crippen LogP contribution in [-0.4, -0.2) is 11.5 Å². The third-order valence-electron chi connectivity index (χ3n) is 3.81. The molecule has 2 aliphatic rings. The molecule has 0 aromatic heterocycles. The van der Waals surface area contributed by atoms with Gasteiger partial charge in [-0.05, 0) is 54.4 Å². The van der Waals surface area contributed by atoms with E-state index in [2.05, 4.69) is 63.7 Å². The predicted octanol–water partition coefficient (Wildman–Crippen LogP) is 5.27. The number of thioether (sulfide) groups is 2. The van der Waals surface area contributed by atoms with Crippen LogP contribution in [0.4, 0.5) is 0 Å². The van der Waals surface area contributed by atoms with E-state index in [1.807, 2.05) is 0 Å². The molecule has 1 aliphatic carbocycles. The summed E-state index contributed by atoms with van der Waals surface area (Å²) in [4.78, 5) is 0. The maximum atomic E-state index is 3.54. The van der Waals surface area contributed by atoms with Crippen LogP contribution in [0.2, 0.25) is 0 Å². The van der Waals surface area contributed by atoms with Gasteiger partial charge >= 0.3 is 0 Å². The van der Waals surface area contributed by atoms with Crippen LogP contribution >= 0.6 is 39.5 Å². The lowest BCUT2D eigenvalue weighted by molar-refractivity contribution is 0.291. The third-order valence-corrected chi connectivity index (χ3v) is 8.03. The summed E-state index contributed by atoms with van der Waals surface area (Å²) < 4.78 is 1.56. The molecule has 2 fully saturated rings. The quantitative estimate of drug-likeness (QED) is 0.725.